The first-order chi connectivity index (χ1) is 9.15. The van der Waals surface area contributed by atoms with Crippen LogP contribution in [0.3, 0.4) is 0 Å². The molecule has 1 heterocycles. The minimum absolute atomic E-state index is 0.242. The Morgan fingerprint density at radius 3 is 2.68 bits per heavy atom. The summed E-state index contributed by atoms with van der Waals surface area (Å²) >= 11 is 1.66. The molecule has 2 aromatic rings. The summed E-state index contributed by atoms with van der Waals surface area (Å²) in [4.78, 5) is 13.3. The maximum Gasteiger partial charge on any atom is 0.276 e. The molecule has 6 heteroatoms. The van der Waals surface area contributed by atoms with Crippen molar-refractivity contribution in [3.8, 4) is 0 Å². The number of hydrogen-bond acceptors (Lipinski definition) is 4. The van der Waals surface area contributed by atoms with E-state index < -0.39 is 0 Å². The van der Waals surface area contributed by atoms with E-state index in [0.29, 0.717) is 17.9 Å². The van der Waals surface area contributed by atoms with Crippen molar-refractivity contribution in [1.29, 1.82) is 0 Å². The number of rotatable bonds is 4. The Morgan fingerprint density at radius 2 is 2.11 bits per heavy atom. The number of thioether (sulfide) groups is 1. The second-order valence-electron chi connectivity index (χ2n) is 3.95. The number of hydrogen-bond donors (Lipinski definition) is 2. The van der Waals surface area contributed by atoms with Gasteiger partial charge in [-0.1, -0.05) is 0 Å². The SMILES string of the molecule is CCn1ncc(N)c1C(=O)Nc1ccc(SC)cc1. The Morgan fingerprint density at radius 1 is 1.42 bits per heavy atom. The molecule has 100 valence electrons. The van der Waals surface area contributed by atoms with Gasteiger partial charge in [-0.15, -0.1) is 11.8 Å². The lowest BCUT2D eigenvalue weighted by Gasteiger charge is -2.08. The number of aryl methyl sites for hydroxylation is 1. The van der Waals surface area contributed by atoms with Crippen molar-refractivity contribution in [1.82, 2.24) is 9.78 Å². The van der Waals surface area contributed by atoms with Crippen LogP contribution in [0, 0.1) is 0 Å². The molecule has 0 fully saturated rings. The van der Waals surface area contributed by atoms with Gasteiger partial charge in [-0.25, -0.2) is 0 Å². The highest BCUT2D eigenvalue weighted by Crippen LogP contribution is 2.19. The molecule has 0 aliphatic heterocycles. The Kier molecular flexibility index (Phi) is 4.11. The average Bonchev–Trinajstić information content (AvgIpc) is 2.80. The van der Waals surface area contributed by atoms with Crippen molar-refractivity contribution < 1.29 is 4.79 Å². The zero-order valence-corrected chi connectivity index (χ0v) is 11.7. The molecule has 0 atom stereocenters. The van der Waals surface area contributed by atoms with Crippen LogP contribution in [-0.2, 0) is 6.54 Å². The van der Waals surface area contributed by atoms with E-state index in [1.54, 1.807) is 16.4 Å². The van der Waals surface area contributed by atoms with E-state index >= 15 is 0 Å². The lowest BCUT2D eigenvalue weighted by molar-refractivity contribution is 0.101. The summed E-state index contributed by atoms with van der Waals surface area (Å²) in [5.74, 6) is -0.242. The number of anilines is 2. The molecule has 1 amide bonds. The quantitative estimate of drug-likeness (QED) is 0.841. The number of aromatic nitrogens is 2. The summed E-state index contributed by atoms with van der Waals surface area (Å²) in [6.07, 6.45) is 3.50. The molecule has 19 heavy (non-hydrogen) atoms. The molecule has 0 radical (unpaired) electrons. The topological polar surface area (TPSA) is 72.9 Å². The molecule has 1 aromatic heterocycles. The minimum Gasteiger partial charge on any atom is -0.396 e. The van der Waals surface area contributed by atoms with E-state index in [1.165, 1.54) is 6.20 Å². The molecular weight excluding hydrogens is 260 g/mol. The van der Waals surface area contributed by atoms with E-state index in [2.05, 4.69) is 10.4 Å². The Labute approximate surface area is 116 Å². The first-order valence-electron chi connectivity index (χ1n) is 5.92. The van der Waals surface area contributed by atoms with E-state index in [0.717, 1.165) is 10.6 Å². The van der Waals surface area contributed by atoms with Crippen molar-refractivity contribution in [2.75, 3.05) is 17.3 Å². The largest absolute Gasteiger partial charge is 0.396 e. The number of benzene rings is 1. The fourth-order valence-electron chi connectivity index (χ4n) is 1.75. The van der Waals surface area contributed by atoms with Crippen LogP contribution >= 0.6 is 11.8 Å². The zero-order valence-electron chi connectivity index (χ0n) is 10.9. The van der Waals surface area contributed by atoms with Gasteiger partial charge in [-0.3, -0.25) is 9.48 Å². The van der Waals surface area contributed by atoms with Crippen molar-refractivity contribution >= 4 is 29.0 Å². The van der Waals surface area contributed by atoms with Crippen LogP contribution in [0.1, 0.15) is 17.4 Å². The highest BCUT2D eigenvalue weighted by atomic mass is 32.2. The van der Waals surface area contributed by atoms with Crippen molar-refractivity contribution in [3.05, 3.63) is 36.2 Å². The smallest absolute Gasteiger partial charge is 0.276 e. The van der Waals surface area contributed by atoms with Gasteiger partial charge in [0.25, 0.3) is 5.91 Å². The molecule has 3 N–H and O–H groups in total. The number of amides is 1. The first-order valence-corrected chi connectivity index (χ1v) is 7.15. The molecule has 0 bridgehead atoms. The fourth-order valence-corrected chi connectivity index (χ4v) is 2.16. The third-order valence-electron chi connectivity index (χ3n) is 2.73. The van der Waals surface area contributed by atoms with E-state index in [1.807, 2.05) is 37.4 Å². The summed E-state index contributed by atoms with van der Waals surface area (Å²) in [5, 5.41) is 6.87. The molecule has 0 aliphatic rings. The Balaban J connectivity index is 2.18. The van der Waals surface area contributed by atoms with Crippen LogP contribution in [0.5, 0.6) is 0 Å². The second kappa shape index (κ2) is 5.79. The van der Waals surface area contributed by atoms with Crippen molar-refractivity contribution in [3.63, 3.8) is 0 Å². The average molecular weight is 276 g/mol. The number of carbonyl (C=O) groups excluding carboxylic acids is 1. The predicted molar refractivity (Wildman–Crippen MR) is 78.5 cm³/mol. The van der Waals surface area contributed by atoms with Gasteiger partial charge < -0.3 is 11.1 Å². The van der Waals surface area contributed by atoms with Crippen LogP contribution in [0.4, 0.5) is 11.4 Å². The third kappa shape index (κ3) is 2.90. The van der Waals surface area contributed by atoms with Crippen LogP contribution < -0.4 is 11.1 Å². The highest BCUT2D eigenvalue weighted by Gasteiger charge is 2.16. The number of nitrogen functional groups attached to an aromatic ring is 1. The van der Waals surface area contributed by atoms with Crippen molar-refractivity contribution in [2.45, 2.75) is 18.4 Å². The van der Waals surface area contributed by atoms with Gasteiger partial charge in [-0.05, 0) is 37.4 Å². The Bertz CT molecular complexity index is 577. The molecule has 0 unspecified atom stereocenters. The minimum atomic E-state index is -0.242. The molecular formula is C13H16N4OS. The van der Waals surface area contributed by atoms with Crippen LogP contribution in [0.2, 0.25) is 0 Å². The van der Waals surface area contributed by atoms with Gasteiger partial charge >= 0.3 is 0 Å². The molecule has 0 aliphatic carbocycles. The number of carbonyl (C=O) groups is 1. The van der Waals surface area contributed by atoms with E-state index in [4.69, 9.17) is 5.73 Å². The lowest BCUT2D eigenvalue weighted by atomic mass is 10.3. The van der Waals surface area contributed by atoms with Gasteiger partial charge in [0.1, 0.15) is 5.69 Å². The predicted octanol–water partition coefficient (Wildman–Crippen LogP) is 2.46. The lowest BCUT2D eigenvalue weighted by Crippen LogP contribution is -2.18. The highest BCUT2D eigenvalue weighted by molar-refractivity contribution is 7.98. The summed E-state index contributed by atoms with van der Waals surface area (Å²) in [5.41, 5.74) is 7.30. The van der Waals surface area contributed by atoms with Gasteiger partial charge in [-0.2, -0.15) is 5.10 Å². The molecule has 2 rings (SSSR count). The molecule has 1 aromatic carbocycles. The van der Waals surface area contributed by atoms with E-state index in [-0.39, 0.29) is 5.91 Å². The van der Waals surface area contributed by atoms with Gasteiger partial charge in [0.05, 0.1) is 11.9 Å². The molecule has 0 spiro atoms. The van der Waals surface area contributed by atoms with Gasteiger partial charge in [0.15, 0.2) is 0 Å². The fraction of sp³-hybridized carbons (Fsp3) is 0.231. The number of nitrogens with zero attached hydrogens (tertiary/aromatic N) is 2. The van der Waals surface area contributed by atoms with Crippen LogP contribution in [0.25, 0.3) is 0 Å². The first kappa shape index (κ1) is 13.5. The molecule has 0 saturated heterocycles. The zero-order chi connectivity index (χ0) is 13.8. The standard InChI is InChI=1S/C13H16N4OS/c1-3-17-12(11(14)8-15-17)13(18)16-9-4-6-10(19-2)7-5-9/h4-8H,3,14H2,1-2H3,(H,16,18). The Hall–Kier alpha value is -1.95. The number of nitrogens with two attached hydrogens (primary N) is 1. The summed E-state index contributed by atoms with van der Waals surface area (Å²) in [6, 6.07) is 7.65. The van der Waals surface area contributed by atoms with Gasteiger partial charge in [0.2, 0.25) is 0 Å². The molecule has 5 nitrogen and oxygen atoms in total. The maximum absolute atomic E-state index is 12.2. The second-order valence-corrected chi connectivity index (χ2v) is 4.83. The third-order valence-corrected chi connectivity index (χ3v) is 3.47. The molecule has 0 saturated carbocycles. The van der Waals surface area contributed by atoms with Crippen LogP contribution in [0.15, 0.2) is 35.4 Å². The normalized spacial score (nSPS) is 10.4. The van der Waals surface area contributed by atoms with Crippen molar-refractivity contribution in [2.24, 2.45) is 0 Å². The van der Waals surface area contributed by atoms with E-state index in [9.17, 15) is 4.79 Å². The summed E-state index contributed by atoms with van der Waals surface area (Å²) < 4.78 is 1.58. The summed E-state index contributed by atoms with van der Waals surface area (Å²) in [7, 11) is 0. The van der Waals surface area contributed by atoms with Gasteiger partial charge in [0, 0.05) is 17.1 Å². The monoisotopic (exact) mass is 276 g/mol. The summed E-state index contributed by atoms with van der Waals surface area (Å²) in [6.45, 7) is 2.52. The maximum atomic E-state index is 12.2. The number of nitrogens with one attached hydrogen (secondary N) is 1. The van der Waals surface area contributed by atoms with Crippen LogP contribution in [-0.4, -0.2) is 21.9 Å².